The predicted molar refractivity (Wildman–Crippen MR) is 101 cm³/mol. The van der Waals surface area contributed by atoms with Crippen LogP contribution in [0, 0.1) is 0 Å². The average molecular weight is 394 g/mol. The lowest BCUT2D eigenvalue weighted by atomic mass is 10.1. The first-order chi connectivity index (χ1) is 12.8. The summed E-state index contributed by atoms with van der Waals surface area (Å²) in [6, 6.07) is 8.78. The van der Waals surface area contributed by atoms with Gasteiger partial charge in [0.2, 0.25) is 10.0 Å². The average Bonchev–Trinajstić information content (AvgIpc) is 2.63. The standard InChI is InChI=1S/C18H22N2O6S/c1-4-25-16-8-6-12(10-17(16)26-5-2)20-18(21)14-11-13(27(19,22)23)7-9-15(14)24-3/h6-11H,4-5H2,1-3H3,(H,20,21)(H2,19,22,23). The summed E-state index contributed by atoms with van der Waals surface area (Å²) in [5.41, 5.74) is 0.492. The molecule has 0 radical (unpaired) electrons. The first-order valence-corrected chi connectivity index (χ1v) is 9.76. The van der Waals surface area contributed by atoms with Crippen LogP contribution in [0.4, 0.5) is 5.69 Å². The zero-order valence-corrected chi connectivity index (χ0v) is 16.1. The minimum absolute atomic E-state index is 0.0378. The van der Waals surface area contributed by atoms with Gasteiger partial charge in [0.05, 0.1) is 30.8 Å². The van der Waals surface area contributed by atoms with E-state index in [0.717, 1.165) is 0 Å². The number of anilines is 1. The third kappa shape index (κ3) is 5.11. The molecular weight excluding hydrogens is 372 g/mol. The van der Waals surface area contributed by atoms with Crippen LogP contribution in [0.1, 0.15) is 24.2 Å². The summed E-state index contributed by atoms with van der Waals surface area (Å²) in [7, 11) is -2.57. The molecule has 27 heavy (non-hydrogen) atoms. The number of benzene rings is 2. The molecule has 2 aromatic carbocycles. The Bertz CT molecular complexity index is 927. The molecule has 2 aromatic rings. The topological polar surface area (TPSA) is 117 Å². The molecule has 0 saturated heterocycles. The van der Waals surface area contributed by atoms with E-state index in [0.29, 0.717) is 30.4 Å². The first-order valence-electron chi connectivity index (χ1n) is 8.22. The van der Waals surface area contributed by atoms with Crippen molar-refractivity contribution in [1.82, 2.24) is 0 Å². The van der Waals surface area contributed by atoms with Gasteiger partial charge >= 0.3 is 0 Å². The van der Waals surface area contributed by atoms with Gasteiger partial charge in [-0.1, -0.05) is 0 Å². The number of nitrogens with one attached hydrogen (secondary N) is 1. The molecule has 0 aliphatic heterocycles. The highest BCUT2D eigenvalue weighted by molar-refractivity contribution is 7.89. The maximum atomic E-state index is 12.7. The fourth-order valence-electron chi connectivity index (χ4n) is 2.37. The Kier molecular flexibility index (Phi) is 6.65. The molecule has 9 heteroatoms. The Morgan fingerprint density at radius 2 is 1.63 bits per heavy atom. The second-order valence-electron chi connectivity index (χ2n) is 5.39. The zero-order valence-electron chi connectivity index (χ0n) is 15.3. The molecule has 2 rings (SSSR count). The van der Waals surface area contributed by atoms with Crippen molar-refractivity contribution in [2.75, 3.05) is 25.6 Å². The Labute approximate surface area is 158 Å². The molecular formula is C18H22N2O6S. The van der Waals surface area contributed by atoms with Crippen LogP contribution in [0.15, 0.2) is 41.3 Å². The zero-order chi connectivity index (χ0) is 20.0. The van der Waals surface area contributed by atoms with Gasteiger partial charge in [0.1, 0.15) is 5.75 Å². The maximum absolute atomic E-state index is 12.7. The Morgan fingerprint density at radius 1 is 1.00 bits per heavy atom. The number of methoxy groups -OCH3 is 1. The van der Waals surface area contributed by atoms with Crippen molar-refractivity contribution in [2.24, 2.45) is 5.14 Å². The molecule has 0 aliphatic rings. The quantitative estimate of drug-likeness (QED) is 0.710. The molecule has 0 spiro atoms. The second kappa shape index (κ2) is 8.74. The fourth-order valence-corrected chi connectivity index (χ4v) is 2.91. The van der Waals surface area contributed by atoms with Crippen LogP contribution in [0.5, 0.6) is 17.2 Å². The van der Waals surface area contributed by atoms with Gasteiger partial charge in [-0.3, -0.25) is 4.79 Å². The molecule has 0 saturated carbocycles. The molecule has 0 bridgehead atoms. The van der Waals surface area contributed by atoms with Gasteiger partial charge in [0.25, 0.3) is 5.91 Å². The van der Waals surface area contributed by atoms with Crippen molar-refractivity contribution >= 4 is 21.6 Å². The number of hydrogen-bond acceptors (Lipinski definition) is 6. The van der Waals surface area contributed by atoms with E-state index in [1.54, 1.807) is 18.2 Å². The van der Waals surface area contributed by atoms with Gasteiger partial charge in [-0.25, -0.2) is 13.6 Å². The van der Waals surface area contributed by atoms with Gasteiger partial charge < -0.3 is 19.5 Å². The summed E-state index contributed by atoms with van der Waals surface area (Å²) in [5.74, 6) is 0.716. The van der Waals surface area contributed by atoms with E-state index in [4.69, 9.17) is 19.3 Å². The van der Waals surface area contributed by atoms with Crippen molar-refractivity contribution in [2.45, 2.75) is 18.7 Å². The molecule has 0 heterocycles. The van der Waals surface area contributed by atoms with Gasteiger partial charge in [-0.2, -0.15) is 0 Å². The third-order valence-electron chi connectivity index (χ3n) is 3.55. The van der Waals surface area contributed by atoms with Crippen LogP contribution < -0.4 is 24.7 Å². The van der Waals surface area contributed by atoms with Gasteiger partial charge in [0.15, 0.2) is 11.5 Å². The SMILES string of the molecule is CCOc1ccc(NC(=O)c2cc(S(N)(=O)=O)ccc2OC)cc1OCC. The van der Waals surface area contributed by atoms with Crippen molar-refractivity contribution in [3.05, 3.63) is 42.0 Å². The van der Waals surface area contributed by atoms with E-state index in [1.165, 1.54) is 25.3 Å². The van der Waals surface area contributed by atoms with Crippen LogP contribution in [0.2, 0.25) is 0 Å². The summed E-state index contributed by atoms with van der Waals surface area (Å²) >= 11 is 0. The highest BCUT2D eigenvalue weighted by Gasteiger charge is 2.18. The highest BCUT2D eigenvalue weighted by atomic mass is 32.2. The summed E-state index contributed by atoms with van der Waals surface area (Å²) in [6.45, 7) is 4.60. The van der Waals surface area contributed by atoms with Gasteiger partial charge in [-0.15, -0.1) is 0 Å². The smallest absolute Gasteiger partial charge is 0.259 e. The monoisotopic (exact) mass is 394 g/mol. The maximum Gasteiger partial charge on any atom is 0.259 e. The van der Waals surface area contributed by atoms with E-state index in [1.807, 2.05) is 13.8 Å². The number of amides is 1. The molecule has 0 unspecified atom stereocenters. The largest absolute Gasteiger partial charge is 0.496 e. The molecule has 0 fully saturated rings. The number of nitrogens with two attached hydrogens (primary N) is 1. The van der Waals surface area contributed by atoms with Gasteiger partial charge in [-0.05, 0) is 44.2 Å². The number of ether oxygens (including phenoxy) is 3. The van der Waals surface area contributed by atoms with E-state index in [-0.39, 0.29) is 16.2 Å². The van der Waals surface area contributed by atoms with E-state index < -0.39 is 15.9 Å². The van der Waals surface area contributed by atoms with Crippen molar-refractivity contribution < 1.29 is 27.4 Å². The lowest BCUT2D eigenvalue weighted by Crippen LogP contribution is -2.17. The van der Waals surface area contributed by atoms with E-state index >= 15 is 0 Å². The second-order valence-corrected chi connectivity index (χ2v) is 6.95. The van der Waals surface area contributed by atoms with Crippen molar-refractivity contribution in [3.63, 3.8) is 0 Å². The fraction of sp³-hybridized carbons (Fsp3) is 0.278. The minimum Gasteiger partial charge on any atom is -0.496 e. The normalized spacial score (nSPS) is 11.0. The molecule has 0 aliphatic carbocycles. The van der Waals surface area contributed by atoms with Gasteiger partial charge in [0, 0.05) is 11.8 Å². The van der Waals surface area contributed by atoms with Crippen LogP contribution in [-0.4, -0.2) is 34.6 Å². The number of carbonyl (C=O) groups excluding carboxylic acids is 1. The van der Waals surface area contributed by atoms with E-state index in [2.05, 4.69) is 5.32 Å². The molecule has 146 valence electrons. The lowest BCUT2D eigenvalue weighted by Gasteiger charge is -2.14. The summed E-state index contributed by atoms with van der Waals surface area (Å²) < 4.78 is 39.3. The molecule has 8 nitrogen and oxygen atoms in total. The Morgan fingerprint density at radius 3 is 2.22 bits per heavy atom. The first kappa shape index (κ1) is 20.5. The Balaban J connectivity index is 2.35. The number of rotatable bonds is 8. The number of hydrogen-bond donors (Lipinski definition) is 2. The lowest BCUT2D eigenvalue weighted by molar-refractivity contribution is 0.102. The summed E-state index contributed by atoms with van der Waals surface area (Å²) in [6.07, 6.45) is 0. The number of sulfonamides is 1. The molecule has 0 atom stereocenters. The molecule has 0 aromatic heterocycles. The van der Waals surface area contributed by atoms with Crippen LogP contribution in [0.25, 0.3) is 0 Å². The van der Waals surface area contributed by atoms with Crippen LogP contribution >= 0.6 is 0 Å². The van der Waals surface area contributed by atoms with Crippen LogP contribution in [0.3, 0.4) is 0 Å². The summed E-state index contributed by atoms with van der Waals surface area (Å²) in [5, 5.41) is 7.83. The predicted octanol–water partition coefficient (Wildman–Crippen LogP) is 2.39. The summed E-state index contributed by atoms with van der Waals surface area (Å²) in [4.78, 5) is 12.5. The minimum atomic E-state index is -3.95. The van der Waals surface area contributed by atoms with E-state index in [9.17, 15) is 13.2 Å². The number of carbonyl (C=O) groups is 1. The van der Waals surface area contributed by atoms with Crippen molar-refractivity contribution in [1.29, 1.82) is 0 Å². The molecule has 3 N–H and O–H groups in total. The third-order valence-corrected chi connectivity index (χ3v) is 4.46. The van der Waals surface area contributed by atoms with Crippen LogP contribution in [-0.2, 0) is 10.0 Å². The highest BCUT2D eigenvalue weighted by Crippen LogP contribution is 2.31. The molecule has 1 amide bonds. The van der Waals surface area contributed by atoms with Crippen molar-refractivity contribution in [3.8, 4) is 17.2 Å². The Hall–Kier alpha value is -2.78. The number of primary sulfonamides is 1.